The first-order chi connectivity index (χ1) is 9.61. The smallest absolute Gasteiger partial charge is 0.123 e. The van der Waals surface area contributed by atoms with E-state index in [0.29, 0.717) is 0 Å². The number of nitrogens with two attached hydrogens (primary N) is 1. The fourth-order valence-corrected chi connectivity index (χ4v) is 3.38. The minimum Gasteiger partial charge on any atom is -0.326 e. The number of halogens is 1. The molecule has 0 bridgehead atoms. The first-order valence-corrected chi connectivity index (χ1v) is 7.87. The van der Waals surface area contributed by atoms with Crippen molar-refractivity contribution >= 4 is 0 Å². The summed E-state index contributed by atoms with van der Waals surface area (Å²) in [6.45, 7) is 6.53. The number of nitrogens with zero attached hydrogens (tertiary/aromatic N) is 1. The molecule has 0 saturated carbocycles. The number of hydrogen-bond donors (Lipinski definition) is 1. The topological polar surface area (TPSA) is 29.3 Å². The Kier molecular flexibility index (Phi) is 5.55. The average Bonchev–Trinajstić information content (AvgIpc) is 2.66. The zero-order valence-corrected chi connectivity index (χ0v) is 12.7. The lowest BCUT2D eigenvalue weighted by molar-refractivity contribution is 0.180. The van der Waals surface area contributed by atoms with Crippen molar-refractivity contribution in [3.8, 4) is 0 Å². The van der Waals surface area contributed by atoms with E-state index >= 15 is 0 Å². The molecule has 20 heavy (non-hydrogen) atoms. The normalized spacial score (nSPS) is 24.1. The molecule has 0 amide bonds. The van der Waals surface area contributed by atoms with Gasteiger partial charge in [-0.3, -0.25) is 4.90 Å². The van der Waals surface area contributed by atoms with Gasteiger partial charge in [0.15, 0.2) is 0 Å². The number of benzene rings is 1. The highest BCUT2D eigenvalue weighted by atomic mass is 19.1. The Bertz CT molecular complexity index is 402. The highest BCUT2D eigenvalue weighted by molar-refractivity contribution is 5.21. The lowest BCUT2D eigenvalue weighted by Gasteiger charge is -2.34. The van der Waals surface area contributed by atoms with Crippen molar-refractivity contribution < 1.29 is 4.39 Å². The van der Waals surface area contributed by atoms with E-state index in [2.05, 4.69) is 18.7 Å². The third-order valence-electron chi connectivity index (χ3n) is 4.56. The fourth-order valence-electron chi connectivity index (χ4n) is 3.38. The largest absolute Gasteiger partial charge is 0.326 e. The molecule has 1 aromatic carbocycles. The van der Waals surface area contributed by atoms with Gasteiger partial charge in [-0.2, -0.15) is 0 Å². The van der Waals surface area contributed by atoms with Gasteiger partial charge >= 0.3 is 0 Å². The summed E-state index contributed by atoms with van der Waals surface area (Å²) in [4.78, 5) is 2.49. The molecule has 0 spiro atoms. The van der Waals surface area contributed by atoms with Crippen LogP contribution >= 0.6 is 0 Å². The van der Waals surface area contributed by atoms with Crippen molar-refractivity contribution in [2.24, 2.45) is 11.7 Å². The van der Waals surface area contributed by atoms with Gasteiger partial charge in [0.05, 0.1) is 0 Å². The van der Waals surface area contributed by atoms with Crippen molar-refractivity contribution in [2.45, 2.75) is 51.6 Å². The summed E-state index contributed by atoms with van der Waals surface area (Å²) < 4.78 is 13.1. The Balaban J connectivity index is 2.14. The van der Waals surface area contributed by atoms with Crippen LogP contribution in [0.1, 0.15) is 51.1 Å². The molecule has 3 unspecified atom stereocenters. The Labute approximate surface area is 122 Å². The molecular formula is C17H27FN2. The zero-order chi connectivity index (χ0) is 14.5. The van der Waals surface area contributed by atoms with Crippen LogP contribution in [0, 0.1) is 11.7 Å². The lowest BCUT2D eigenvalue weighted by atomic mass is 9.97. The maximum absolute atomic E-state index is 13.1. The van der Waals surface area contributed by atoms with Crippen LogP contribution in [0.15, 0.2) is 24.3 Å². The highest BCUT2D eigenvalue weighted by Gasteiger charge is 2.26. The van der Waals surface area contributed by atoms with Crippen LogP contribution < -0.4 is 5.73 Å². The zero-order valence-electron chi connectivity index (χ0n) is 12.7. The Morgan fingerprint density at radius 2 is 1.95 bits per heavy atom. The van der Waals surface area contributed by atoms with Crippen molar-refractivity contribution in [3.05, 3.63) is 35.6 Å². The van der Waals surface area contributed by atoms with Crippen molar-refractivity contribution in [1.29, 1.82) is 0 Å². The fraction of sp³-hybridized carbons (Fsp3) is 0.647. The summed E-state index contributed by atoms with van der Waals surface area (Å²) in [7, 11) is 0. The third kappa shape index (κ3) is 3.80. The van der Waals surface area contributed by atoms with Crippen LogP contribution in [0.25, 0.3) is 0 Å². The molecule has 1 aliphatic rings. The SMILES string of the molecule is CCC1CCCN(C(c2ccc(F)cc2)C(C)N)CC1. The standard InChI is InChI=1S/C17H27FN2/c1-3-14-5-4-11-20(12-10-14)17(13(2)19)15-6-8-16(18)9-7-15/h6-9,13-14,17H,3-5,10-12,19H2,1-2H3. The van der Waals surface area contributed by atoms with Crippen molar-refractivity contribution in [3.63, 3.8) is 0 Å². The molecule has 1 fully saturated rings. The maximum Gasteiger partial charge on any atom is 0.123 e. The third-order valence-corrected chi connectivity index (χ3v) is 4.56. The van der Waals surface area contributed by atoms with Gasteiger partial charge in [0.2, 0.25) is 0 Å². The first-order valence-electron chi connectivity index (χ1n) is 7.87. The predicted octanol–water partition coefficient (Wildman–Crippen LogP) is 3.73. The molecule has 2 N–H and O–H groups in total. The molecule has 1 saturated heterocycles. The van der Waals surface area contributed by atoms with Gasteiger partial charge < -0.3 is 5.73 Å². The summed E-state index contributed by atoms with van der Waals surface area (Å²) in [5.74, 6) is 0.668. The van der Waals surface area contributed by atoms with Gasteiger partial charge in [-0.1, -0.05) is 25.5 Å². The number of likely N-dealkylation sites (tertiary alicyclic amines) is 1. The molecule has 3 atom stereocenters. The maximum atomic E-state index is 13.1. The summed E-state index contributed by atoms with van der Waals surface area (Å²) in [6, 6.07) is 7.09. The first kappa shape index (κ1) is 15.5. The Hall–Kier alpha value is -0.930. The highest BCUT2D eigenvalue weighted by Crippen LogP contribution is 2.29. The van der Waals surface area contributed by atoms with Gasteiger partial charge in [0, 0.05) is 12.1 Å². The van der Waals surface area contributed by atoms with Crippen LogP contribution in [-0.4, -0.2) is 24.0 Å². The second-order valence-electron chi connectivity index (χ2n) is 6.10. The van der Waals surface area contributed by atoms with Gasteiger partial charge in [-0.25, -0.2) is 4.39 Å². The summed E-state index contributed by atoms with van der Waals surface area (Å²) in [5.41, 5.74) is 7.36. The van der Waals surface area contributed by atoms with Gasteiger partial charge in [-0.15, -0.1) is 0 Å². The van der Waals surface area contributed by atoms with Gasteiger partial charge in [0.25, 0.3) is 0 Å². The van der Waals surface area contributed by atoms with E-state index in [4.69, 9.17) is 5.73 Å². The molecule has 1 heterocycles. The predicted molar refractivity (Wildman–Crippen MR) is 82.0 cm³/mol. The van der Waals surface area contributed by atoms with Crippen molar-refractivity contribution in [1.82, 2.24) is 4.90 Å². The Morgan fingerprint density at radius 3 is 2.55 bits per heavy atom. The molecule has 1 aromatic rings. The number of rotatable bonds is 4. The van der Waals surface area contributed by atoms with Crippen LogP contribution in [0.3, 0.4) is 0 Å². The van der Waals surface area contributed by atoms with E-state index in [1.54, 1.807) is 0 Å². The van der Waals surface area contributed by atoms with Crippen LogP contribution in [0.4, 0.5) is 4.39 Å². The molecule has 1 aliphatic heterocycles. The van der Waals surface area contributed by atoms with E-state index in [0.717, 1.165) is 24.6 Å². The minimum atomic E-state index is -0.181. The summed E-state index contributed by atoms with van der Waals surface area (Å²) in [6.07, 6.45) is 5.08. The van der Waals surface area contributed by atoms with Gasteiger partial charge in [-0.05, 0) is 62.9 Å². The van der Waals surface area contributed by atoms with E-state index < -0.39 is 0 Å². The quantitative estimate of drug-likeness (QED) is 0.909. The molecule has 2 rings (SSSR count). The average molecular weight is 278 g/mol. The minimum absolute atomic E-state index is 0.0543. The van der Waals surface area contributed by atoms with E-state index in [9.17, 15) is 4.39 Å². The molecule has 2 nitrogen and oxygen atoms in total. The molecule has 0 aromatic heterocycles. The van der Waals surface area contributed by atoms with Crippen LogP contribution in [0.2, 0.25) is 0 Å². The van der Waals surface area contributed by atoms with Gasteiger partial charge in [0.1, 0.15) is 5.82 Å². The Morgan fingerprint density at radius 1 is 1.25 bits per heavy atom. The van der Waals surface area contributed by atoms with E-state index in [1.165, 1.54) is 37.8 Å². The van der Waals surface area contributed by atoms with Crippen LogP contribution in [-0.2, 0) is 0 Å². The van der Waals surface area contributed by atoms with E-state index in [1.807, 2.05) is 12.1 Å². The molecule has 3 heteroatoms. The molecule has 0 radical (unpaired) electrons. The summed E-state index contributed by atoms with van der Waals surface area (Å²) in [5, 5.41) is 0. The molecular weight excluding hydrogens is 251 g/mol. The second-order valence-corrected chi connectivity index (χ2v) is 6.10. The monoisotopic (exact) mass is 278 g/mol. The summed E-state index contributed by atoms with van der Waals surface area (Å²) >= 11 is 0. The molecule has 112 valence electrons. The van der Waals surface area contributed by atoms with E-state index in [-0.39, 0.29) is 17.9 Å². The lowest BCUT2D eigenvalue weighted by Crippen LogP contribution is -2.40. The number of hydrogen-bond acceptors (Lipinski definition) is 2. The molecule has 0 aliphatic carbocycles. The second kappa shape index (κ2) is 7.19. The van der Waals surface area contributed by atoms with Crippen molar-refractivity contribution in [2.75, 3.05) is 13.1 Å². The van der Waals surface area contributed by atoms with Crippen LogP contribution in [0.5, 0.6) is 0 Å².